The van der Waals surface area contributed by atoms with Crippen molar-refractivity contribution in [1.29, 1.82) is 0 Å². The van der Waals surface area contributed by atoms with E-state index in [1.54, 1.807) is 7.11 Å². The van der Waals surface area contributed by atoms with Crippen molar-refractivity contribution in [1.82, 2.24) is 4.90 Å². The van der Waals surface area contributed by atoms with Crippen LogP contribution in [0.5, 0.6) is 5.75 Å². The molecule has 1 fully saturated rings. The first-order valence-corrected chi connectivity index (χ1v) is 7.97. The predicted octanol–water partition coefficient (Wildman–Crippen LogP) is 3.21. The summed E-state index contributed by atoms with van der Waals surface area (Å²) in [7, 11) is 5.80. The molecule has 0 aliphatic heterocycles. The Balaban J connectivity index is 2.45. The minimum absolute atomic E-state index is 0.214. The van der Waals surface area contributed by atoms with Crippen molar-refractivity contribution in [2.45, 2.75) is 38.2 Å². The Hall–Kier alpha value is -1.55. The van der Waals surface area contributed by atoms with Crippen LogP contribution in [0.25, 0.3) is 0 Å². The van der Waals surface area contributed by atoms with Gasteiger partial charge < -0.3 is 14.4 Å². The zero-order valence-electron chi connectivity index (χ0n) is 14.1. The minimum atomic E-state index is -0.539. The molecule has 0 bridgehead atoms. The normalized spacial score (nSPS) is 25.0. The quantitative estimate of drug-likeness (QED) is 0.783. The van der Waals surface area contributed by atoms with Crippen molar-refractivity contribution < 1.29 is 14.3 Å². The summed E-state index contributed by atoms with van der Waals surface area (Å²) in [6.07, 6.45) is 4.21. The highest BCUT2D eigenvalue weighted by atomic mass is 16.6. The fourth-order valence-electron chi connectivity index (χ4n) is 3.61. The third kappa shape index (κ3) is 3.61. The van der Waals surface area contributed by atoms with Crippen LogP contribution in [0.4, 0.5) is 0 Å². The van der Waals surface area contributed by atoms with Gasteiger partial charge in [-0.15, -0.1) is 0 Å². The lowest BCUT2D eigenvalue weighted by Crippen LogP contribution is -2.46. The summed E-state index contributed by atoms with van der Waals surface area (Å²) in [6, 6.07) is 7.96. The molecule has 1 aromatic carbocycles. The molecule has 122 valence electrons. The molecule has 2 rings (SSSR count). The van der Waals surface area contributed by atoms with Gasteiger partial charge in [-0.3, -0.25) is 4.79 Å². The van der Waals surface area contributed by atoms with Crippen LogP contribution in [0.2, 0.25) is 0 Å². The van der Waals surface area contributed by atoms with E-state index in [0.717, 1.165) is 37.1 Å². The molecule has 4 heteroatoms. The molecule has 0 spiro atoms. The fraction of sp³-hybridized carbons (Fsp3) is 0.611. The van der Waals surface area contributed by atoms with Gasteiger partial charge in [0.1, 0.15) is 11.4 Å². The topological polar surface area (TPSA) is 38.8 Å². The summed E-state index contributed by atoms with van der Waals surface area (Å²) >= 11 is 0. The Kier molecular flexibility index (Phi) is 5.46. The first-order valence-electron chi connectivity index (χ1n) is 7.97. The molecule has 0 radical (unpaired) electrons. The lowest BCUT2D eigenvalue weighted by molar-refractivity contribution is -0.171. The Bertz CT molecular complexity index is 515. The highest BCUT2D eigenvalue weighted by molar-refractivity contribution is 5.67. The Morgan fingerprint density at radius 1 is 1.36 bits per heavy atom. The summed E-state index contributed by atoms with van der Waals surface area (Å²) in [5.74, 6) is 0.888. The zero-order chi connectivity index (χ0) is 16.2. The predicted molar refractivity (Wildman–Crippen MR) is 87.0 cm³/mol. The van der Waals surface area contributed by atoms with E-state index < -0.39 is 5.60 Å². The first-order chi connectivity index (χ1) is 10.5. The number of esters is 1. The van der Waals surface area contributed by atoms with Gasteiger partial charge in [-0.1, -0.05) is 18.6 Å². The first kappa shape index (κ1) is 16.8. The van der Waals surface area contributed by atoms with Crippen LogP contribution in [0.15, 0.2) is 24.3 Å². The summed E-state index contributed by atoms with van der Waals surface area (Å²) in [6.45, 7) is 2.41. The van der Waals surface area contributed by atoms with Gasteiger partial charge in [0.25, 0.3) is 0 Å². The maximum Gasteiger partial charge on any atom is 0.303 e. The number of ether oxygens (including phenoxy) is 2. The number of nitrogens with zero attached hydrogens (tertiary/aromatic N) is 1. The molecule has 0 aromatic heterocycles. The molecule has 1 aromatic rings. The number of benzene rings is 1. The smallest absolute Gasteiger partial charge is 0.303 e. The van der Waals surface area contributed by atoms with Gasteiger partial charge in [0.05, 0.1) is 7.11 Å². The molecule has 2 atom stereocenters. The SMILES string of the molecule is COc1cccc([C@@]2(OC(C)=O)CCCC[C@@H]2CN(C)C)c1. The number of hydrogen-bond donors (Lipinski definition) is 0. The molecule has 0 unspecified atom stereocenters. The van der Waals surface area contributed by atoms with Gasteiger partial charge in [-0.05, 0) is 51.1 Å². The van der Waals surface area contributed by atoms with Gasteiger partial charge in [-0.2, -0.15) is 0 Å². The van der Waals surface area contributed by atoms with Crippen molar-refractivity contribution in [2.24, 2.45) is 5.92 Å². The second-order valence-corrected chi connectivity index (χ2v) is 6.42. The maximum absolute atomic E-state index is 11.8. The Morgan fingerprint density at radius 2 is 2.14 bits per heavy atom. The van der Waals surface area contributed by atoms with Gasteiger partial charge in [0.2, 0.25) is 0 Å². The van der Waals surface area contributed by atoms with Crippen LogP contribution in [-0.4, -0.2) is 38.6 Å². The molecule has 0 amide bonds. The number of carbonyl (C=O) groups is 1. The third-order valence-corrected chi connectivity index (χ3v) is 4.48. The van der Waals surface area contributed by atoms with Crippen LogP contribution in [0.3, 0.4) is 0 Å². The molecular weight excluding hydrogens is 278 g/mol. The molecule has 4 nitrogen and oxygen atoms in total. The fourth-order valence-corrected chi connectivity index (χ4v) is 3.61. The standard InChI is InChI=1S/C18H27NO3/c1-14(20)22-18(15-9-7-10-17(12-15)21-4)11-6-5-8-16(18)13-19(2)3/h7,9-10,12,16H,5-6,8,11,13H2,1-4H3/t16-,18+/m1/s1. The molecule has 1 aliphatic rings. The highest BCUT2D eigenvalue weighted by Gasteiger charge is 2.45. The van der Waals surface area contributed by atoms with Crippen LogP contribution in [0.1, 0.15) is 38.2 Å². The second kappa shape index (κ2) is 7.14. The molecule has 0 N–H and O–H groups in total. The van der Waals surface area contributed by atoms with E-state index >= 15 is 0 Å². The number of hydrogen-bond acceptors (Lipinski definition) is 4. The van der Waals surface area contributed by atoms with E-state index in [4.69, 9.17) is 9.47 Å². The number of carbonyl (C=O) groups excluding carboxylic acids is 1. The Labute approximate surface area is 133 Å². The summed E-state index contributed by atoms with van der Waals surface area (Å²) < 4.78 is 11.3. The summed E-state index contributed by atoms with van der Waals surface area (Å²) in [5.41, 5.74) is 0.511. The molecule has 1 saturated carbocycles. The van der Waals surface area contributed by atoms with E-state index in [1.807, 2.05) is 18.2 Å². The zero-order valence-corrected chi connectivity index (χ0v) is 14.1. The van der Waals surface area contributed by atoms with Crippen LogP contribution >= 0.6 is 0 Å². The maximum atomic E-state index is 11.8. The molecule has 1 aliphatic carbocycles. The average molecular weight is 305 g/mol. The van der Waals surface area contributed by atoms with Crippen LogP contribution in [0, 0.1) is 5.92 Å². The molecular formula is C18H27NO3. The second-order valence-electron chi connectivity index (χ2n) is 6.42. The highest BCUT2D eigenvalue weighted by Crippen LogP contribution is 2.46. The lowest BCUT2D eigenvalue weighted by atomic mass is 9.71. The van der Waals surface area contributed by atoms with Gasteiger partial charge in [0, 0.05) is 19.4 Å². The lowest BCUT2D eigenvalue weighted by Gasteiger charge is -2.44. The van der Waals surface area contributed by atoms with Gasteiger partial charge in [-0.25, -0.2) is 0 Å². The van der Waals surface area contributed by atoms with Crippen molar-refractivity contribution in [3.8, 4) is 5.75 Å². The molecule has 22 heavy (non-hydrogen) atoms. The van der Waals surface area contributed by atoms with Crippen LogP contribution in [-0.2, 0) is 15.1 Å². The van der Waals surface area contributed by atoms with Crippen molar-refractivity contribution in [3.05, 3.63) is 29.8 Å². The average Bonchev–Trinajstić information content (AvgIpc) is 2.48. The molecule has 0 heterocycles. The van der Waals surface area contributed by atoms with Gasteiger partial charge in [0.15, 0.2) is 0 Å². The molecule has 0 saturated heterocycles. The van der Waals surface area contributed by atoms with Crippen LogP contribution < -0.4 is 4.74 Å². The largest absolute Gasteiger partial charge is 0.497 e. The number of rotatable bonds is 5. The van der Waals surface area contributed by atoms with Gasteiger partial charge >= 0.3 is 5.97 Å². The summed E-state index contributed by atoms with van der Waals surface area (Å²) in [5, 5.41) is 0. The Morgan fingerprint density at radius 3 is 2.77 bits per heavy atom. The number of methoxy groups -OCH3 is 1. The van der Waals surface area contributed by atoms with Crippen molar-refractivity contribution in [2.75, 3.05) is 27.7 Å². The van der Waals surface area contributed by atoms with E-state index in [9.17, 15) is 4.79 Å². The monoisotopic (exact) mass is 305 g/mol. The van der Waals surface area contributed by atoms with E-state index in [-0.39, 0.29) is 5.97 Å². The third-order valence-electron chi connectivity index (χ3n) is 4.48. The van der Waals surface area contributed by atoms with Crippen molar-refractivity contribution >= 4 is 5.97 Å². The summed E-state index contributed by atoms with van der Waals surface area (Å²) in [4.78, 5) is 14.0. The minimum Gasteiger partial charge on any atom is -0.497 e. The van der Waals surface area contributed by atoms with E-state index in [2.05, 4.69) is 25.1 Å². The van der Waals surface area contributed by atoms with E-state index in [0.29, 0.717) is 5.92 Å². The van der Waals surface area contributed by atoms with E-state index in [1.165, 1.54) is 13.3 Å². The van der Waals surface area contributed by atoms with Crippen molar-refractivity contribution in [3.63, 3.8) is 0 Å².